The van der Waals surface area contributed by atoms with Crippen molar-refractivity contribution in [3.63, 3.8) is 0 Å². The van der Waals surface area contributed by atoms with Crippen LogP contribution in [0.2, 0.25) is 0 Å². The van der Waals surface area contributed by atoms with Crippen LogP contribution in [-0.2, 0) is 0 Å². The first-order chi connectivity index (χ1) is 6.18. The molecule has 3 unspecified atom stereocenters. The predicted molar refractivity (Wildman–Crippen MR) is 52.1 cm³/mol. The zero-order valence-corrected chi connectivity index (χ0v) is 8.58. The number of rotatable bonds is 2. The summed E-state index contributed by atoms with van der Waals surface area (Å²) in [5, 5.41) is 9.28. The molecule has 0 amide bonds. The smallest absolute Gasteiger partial charge is 0.109 e. The minimum absolute atomic E-state index is 0.157. The first-order valence-electron chi connectivity index (χ1n) is 5.35. The highest BCUT2D eigenvalue weighted by atomic mass is 15.2. The van der Waals surface area contributed by atoms with Gasteiger partial charge in [-0.1, -0.05) is 6.92 Å². The zero-order chi connectivity index (χ0) is 9.47. The molecule has 0 aromatic rings. The highest BCUT2D eigenvalue weighted by molar-refractivity contribution is 5.16. The van der Waals surface area contributed by atoms with Gasteiger partial charge in [0.2, 0.25) is 0 Å². The largest absolute Gasteiger partial charge is 0.286 e. The summed E-state index contributed by atoms with van der Waals surface area (Å²) < 4.78 is 0. The van der Waals surface area contributed by atoms with Crippen LogP contribution in [0.4, 0.5) is 0 Å². The van der Waals surface area contributed by atoms with Gasteiger partial charge in [0.05, 0.1) is 6.07 Å². The van der Waals surface area contributed by atoms with Crippen LogP contribution in [0.15, 0.2) is 0 Å². The highest BCUT2D eigenvalue weighted by Gasteiger charge is 2.51. The fourth-order valence-electron chi connectivity index (χ4n) is 2.68. The molecule has 1 heterocycles. The van der Waals surface area contributed by atoms with Crippen molar-refractivity contribution in [1.29, 1.82) is 5.26 Å². The standard InChI is InChI=1S/C11H18N2/c1-9-7-10(9)11(2,8-12)13-5-3-4-6-13/h9-10H,3-7H2,1-2H3. The Kier molecular flexibility index (Phi) is 2.08. The van der Waals surface area contributed by atoms with Crippen molar-refractivity contribution in [3.8, 4) is 6.07 Å². The van der Waals surface area contributed by atoms with E-state index in [4.69, 9.17) is 0 Å². The minimum Gasteiger partial charge on any atom is -0.286 e. The molecule has 3 atom stereocenters. The van der Waals surface area contributed by atoms with Gasteiger partial charge in [-0.25, -0.2) is 0 Å². The van der Waals surface area contributed by atoms with E-state index in [1.807, 2.05) is 0 Å². The van der Waals surface area contributed by atoms with Gasteiger partial charge in [0.15, 0.2) is 0 Å². The molecule has 2 rings (SSSR count). The van der Waals surface area contributed by atoms with Crippen LogP contribution in [0.25, 0.3) is 0 Å². The fourth-order valence-corrected chi connectivity index (χ4v) is 2.68. The summed E-state index contributed by atoms with van der Waals surface area (Å²) in [7, 11) is 0. The molecule has 0 aromatic carbocycles. The van der Waals surface area contributed by atoms with Crippen molar-refractivity contribution in [1.82, 2.24) is 4.90 Å². The minimum atomic E-state index is -0.157. The maximum absolute atomic E-state index is 9.28. The van der Waals surface area contributed by atoms with Crippen molar-refractivity contribution in [3.05, 3.63) is 0 Å². The van der Waals surface area contributed by atoms with E-state index in [0.29, 0.717) is 5.92 Å². The van der Waals surface area contributed by atoms with E-state index in [9.17, 15) is 5.26 Å². The molecule has 72 valence electrons. The van der Waals surface area contributed by atoms with Crippen molar-refractivity contribution < 1.29 is 0 Å². The summed E-state index contributed by atoms with van der Waals surface area (Å²) in [6, 6.07) is 2.54. The van der Waals surface area contributed by atoms with Gasteiger partial charge in [-0.2, -0.15) is 5.26 Å². The summed E-state index contributed by atoms with van der Waals surface area (Å²) in [5.41, 5.74) is -0.157. The molecule has 1 saturated carbocycles. The summed E-state index contributed by atoms with van der Waals surface area (Å²) in [5.74, 6) is 1.40. The van der Waals surface area contributed by atoms with E-state index in [-0.39, 0.29) is 5.54 Å². The number of nitrogens with zero attached hydrogens (tertiary/aromatic N) is 2. The van der Waals surface area contributed by atoms with Gasteiger partial charge in [-0.15, -0.1) is 0 Å². The third-order valence-corrected chi connectivity index (χ3v) is 3.82. The van der Waals surface area contributed by atoms with Crippen LogP contribution in [-0.4, -0.2) is 23.5 Å². The Morgan fingerprint density at radius 2 is 1.92 bits per heavy atom. The molecule has 1 aliphatic carbocycles. The normalized spacial score (nSPS) is 38.2. The highest BCUT2D eigenvalue weighted by Crippen LogP contribution is 2.48. The molecule has 1 saturated heterocycles. The first-order valence-corrected chi connectivity index (χ1v) is 5.35. The monoisotopic (exact) mass is 178 g/mol. The lowest BCUT2D eigenvalue weighted by Crippen LogP contribution is -2.45. The number of hydrogen-bond acceptors (Lipinski definition) is 2. The lowest BCUT2D eigenvalue weighted by Gasteiger charge is -2.32. The Bertz CT molecular complexity index is 237. The van der Waals surface area contributed by atoms with E-state index in [1.165, 1.54) is 19.3 Å². The third-order valence-electron chi connectivity index (χ3n) is 3.82. The number of nitriles is 1. The molecular weight excluding hydrogens is 160 g/mol. The second-order valence-corrected chi connectivity index (χ2v) is 4.77. The van der Waals surface area contributed by atoms with Gasteiger partial charge in [0.25, 0.3) is 0 Å². The Morgan fingerprint density at radius 1 is 1.38 bits per heavy atom. The molecule has 2 fully saturated rings. The van der Waals surface area contributed by atoms with Crippen molar-refractivity contribution in [2.45, 2.75) is 38.6 Å². The van der Waals surface area contributed by atoms with E-state index in [1.54, 1.807) is 0 Å². The molecule has 0 spiro atoms. The lowest BCUT2D eigenvalue weighted by molar-refractivity contribution is 0.162. The SMILES string of the molecule is CC1CC1C(C)(C#N)N1CCCC1. The molecule has 0 bridgehead atoms. The van der Waals surface area contributed by atoms with Gasteiger partial charge < -0.3 is 0 Å². The van der Waals surface area contributed by atoms with Gasteiger partial charge in [0.1, 0.15) is 5.54 Å². The van der Waals surface area contributed by atoms with Crippen LogP contribution in [0.1, 0.15) is 33.1 Å². The molecule has 2 nitrogen and oxygen atoms in total. The summed E-state index contributed by atoms with van der Waals surface area (Å²) in [6.07, 6.45) is 3.80. The second kappa shape index (κ2) is 2.99. The van der Waals surface area contributed by atoms with Crippen LogP contribution in [0.5, 0.6) is 0 Å². The Morgan fingerprint density at radius 3 is 2.31 bits per heavy atom. The average Bonchev–Trinajstić information content (AvgIpc) is 2.71. The average molecular weight is 178 g/mol. The molecule has 2 heteroatoms. The molecule has 0 radical (unpaired) electrons. The molecule has 13 heavy (non-hydrogen) atoms. The summed E-state index contributed by atoms with van der Waals surface area (Å²) in [4.78, 5) is 2.39. The molecule has 0 aromatic heterocycles. The number of hydrogen-bond donors (Lipinski definition) is 0. The molecule has 0 N–H and O–H groups in total. The first kappa shape index (κ1) is 9.02. The zero-order valence-electron chi connectivity index (χ0n) is 8.58. The van der Waals surface area contributed by atoms with E-state index in [0.717, 1.165) is 19.0 Å². The molecule has 2 aliphatic rings. The predicted octanol–water partition coefficient (Wildman–Crippen LogP) is 2.02. The van der Waals surface area contributed by atoms with Crippen LogP contribution in [0, 0.1) is 23.2 Å². The Balaban J connectivity index is 2.10. The van der Waals surface area contributed by atoms with Gasteiger partial charge >= 0.3 is 0 Å². The summed E-state index contributed by atoms with van der Waals surface area (Å²) >= 11 is 0. The lowest BCUT2D eigenvalue weighted by atomic mass is 9.94. The van der Waals surface area contributed by atoms with Crippen molar-refractivity contribution >= 4 is 0 Å². The van der Waals surface area contributed by atoms with Gasteiger partial charge in [0, 0.05) is 0 Å². The van der Waals surface area contributed by atoms with Crippen LogP contribution >= 0.6 is 0 Å². The van der Waals surface area contributed by atoms with Gasteiger partial charge in [-0.3, -0.25) is 4.90 Å². The van der Waals surface area contributed by atoms with Crippen LogP contribution < -0.4 is 0 Å². The van der Waals surface area contributed by atoms with E-state index >= 15 is 0 Å². The van der Waals surface area contributed by atoms with Crippen molar-refractivity contribution in [2.75, 3.05) is 13.1 Å². The third kappa shape index (κ3) is 1.36. The topological polar surface area (TPSA) is 27.0 Å². The fraction of sp³-hybridized carbons (Fsp3) is 0.909. The van der Waals surface area contributed by atoms with Crippen LogP contribution in [0.3, 0.4) is 0 Å². The van der Waals surface area contributed by atoms with E-state index < -0.39 is 0 Å². The molecular formula is C11H18N2. The quantitative estimate of drug-likeness (QED) is 0.647. The van der Waals surface area contributed by atoms with Crippen molar-refractivity contribution in [2.24, 2.45) is 11.8 Å². The maximum Gasteiger partial charge on any atom is 0.109 e. The Labute approximate surface area is 80.5 Å². The van der Waals surface area contributed by atoms with E-state index in [2.05, 4.69) is 24.8 Å². The Hall–Kier alpha value is -0.550. The molecule has 1 aliphatic heterocycles. The van der Waals surface area contributed by atoms with Gasteiger partial charge in [-0.05, 0) is 51.1 Å². The number of likely N-dealkylation sites (tertiary alicyclic amines) is 1. The summed E-state index contributed by atoms with van der Waals surface area (Å²) in [6.45, 7) is 6.66. The second-order valence-electron chi connectivity index (χ2n) is 4.77. The maximum atomic E-state index is 9.28.